The second kappa shape index (κ2) is 11.8. The SMILES string of the molecule is C=CCN1CC2(OC(C)=O)CCCC[C@@]2(c2cccc(O)c2)C[C@H]1NC(=O)C(=Cc1ccccc1)OC(F)(F)F. The van der Waals surface area contributed by atoms with E-state index in [1.807, 2.05) is 11.0 Å². The second-order valence-corrected chi connectivity index (χ2v) is 10.3. The molecule has 0 bridgehead atoms. The van der Waals surface area contributed by atoms with Crippen LogP contribution in [0.3, 0.4) is 0 Å². The molecule has 1 unspecified atom stereocenters. The van der Waals surface area contributed by atoms with Gasteiger partial charge in [0, 0.05) is 25.4 Å². The van der Waals surface area contributed by atoms with E-state index in [0.29, 0.717) is 18.4 Å². The van der Waals surface area contributed by atoms with Crippen molar-refractivity contribution in [3.05, 3.63) is 84.1 Å². The summed E-state index contributed by atoms with van der Waals surface area (Å²) in [6.45, 7) is 5.63. The number of likely N-dealkylation sites (tertiary alicyclic amines) is 1. The van der Waals surface area contributed by atoms with Crippen LogP contribution >= 0.6 is 0 Å². The number of aromatic hydroxyl groups is 1. The van der Waals surface area contributed by atoms with Crippen LogP contribution in [-0.4, -0.2) is 53.1 Å². The van der Waals surface area contributed by atoms with E-state index in [0.717, 1.165) is 24.5 Å². The van der Waals surface area contributed by atoms with Gasteiger partial charge < -0.3 is 19.9 Å². The van der Waals surface area contributed by atoms with Crippen LogP contribution in [0.15, 0.2) is 73.0 Å². The number of nitrogens with one attached hydrogen (secondary N) is 1. The Morgan fingerprint density at radius 3 is 2.52 bits per heavy atom. The van der Waals surface area contributed by atoms with Crippen molar-refractivity contribution < 1.29 is 37.3 Å². The van der Waals surface area contributed by atoms with Gasteiger partial charge in [-0.3, -0.25) is 14.5 Å². The van der Waals surface area contributed by atoms with Gasteiger partial charge in [-0.1, -0.05) is 55.0 Å². The highest BCUT2D eigenvalue weighted by molar-refractivity contribution is 5.96. The third-order valence-corrected chi connectivity index (χ3v) is 7.69. The predicted octanol–water partition coefficient (Wildman–Crippen LogP) is 5.42. The number of halogens is 3. The molecule has 40 heavy (non-hydrogen) atoms. The van der Waals surface area contributed by atoms with Crippen LogP contribution < -0.4 is 5.32 Å². The van der Waals surface area contributed by atoms with E-state index >= 15 is 0 Å². The van der Waals surface area contributed by atoms with Gasteiger partial charge >= 0.3 is 12.3 Å². The lowest BCUT2D eigenvalue weighted by atomic mass is 9.55. The highest BCUT2D eigenvalue weighted by Gasteiger charge is 2.61. The number of rotatable bonds is 8. The summed E-state index contributed by atoms with van der Waals surface area (Å²) in [5.74, 6) is -2.36. The van der Waals surface area contributed by atoms with E-state index in [4.69, 9.17) is 4.74 Å². The minimum Gasteiger partial charge on any atom is -0.508 e. The molecule has 0 spiro atoms. The van der Waals surface area contributed by atoms with Crippen molar-refractivity contribution in [1.29, 1.82) is 0 Å². The smallest absolute Gasteiger partial charge is 0.508 e. The molecule has 2 aromatic carbocycles. The molecule has 0 radical (unpaired) electrons. The number of piperidine rings is 1. The zero-order valence-corrected chi connectivity index (χ0v) is 22.2. The second-order valence-electron chi connectivity index (χ2n) is 10.3. The summed E-state index contributed by atoms with van der Waals surface area (Å²) < 4.78 is 50.2. The molecule has 3 atom stereocenters. The molecule has 4 rings (SSSR count). The normalized spacial score (nSPS) is 25.4. The number of ether oxygens (including phenoxy) is 2. The van der Waals surface area contributed by atoms with Gasteiger partial charge in [0.1, 0.15) is 11.4 Å². The number of hydrogen-bond acceptors (Lipinski definition) is 6. The summed E-state index contributed by atoms with van der Waals surface area (Å²) in [5.41, 5.74) is -0.710. The first kappa shape index (κ1) is 29.2. The molecular weight excluding hydrogens is 525 g/mol. The number of esters is 1. The summed E-state index contributed by atoms with van der Waals surface area (Å²) >= 11 is 0. The van der Waals surface area contributed by atoms with Gasteiger partial charge in [0.15, 0.2) is 5.76 Å². The van der Waals surface area contributed by atoms with Crippen molar-refractivity contribution in [1.82, 2.24) is 10.2 Å². The van der Waals surface area contributed by atoms with Crippen molar-refractivity contribution in [2.24, 2.45) is 0 Å². The largest absolute Gasteiger partial charge is 0.573 e. The Bertz CT molecular complexity index is 1270. The minimum absolute atomic E-state index is 0.0370. The maximum absolute atomic E-state index is 13.4. The molecular formula is C30H33F3N2O5. The quantitative estimate of drug-likeness (QED) is 0.195. The third kappa shape index (κ3) is 6.33. The summed E-state index contributed by atoms with van der Waals surface area (Å²) in [4.78, 5) is 27.6. The van der Waals surface area contributed by atoms with Crippen molar-refractivity contribution in [2.75, 3.05) is 13.1 Å². The van der Waals surface area contributed by atoms with Gasteiger partial charge in [-0.05, 0) is 55.0 Å². The van der Waals surface area contributed by atoms with E-state index < -0.39 is 41.2 Å². The molecule has 1 aliphatic heterocycles. The number of phenols is 1. The first-order valence-corrected chi connectivity index (χ1v) is 13.1. The summed E-state index contributed by atoms with van der Waals surface area (Å²) in [6.07, 6.45) is -0.221. The Morgan fingerprint density at radius 1 is 1.15 bits per heavy atom. The zero-order valence-electron chi connectivity index (χ0n) is 22.2. The van der Waals surface area contributed by atoms with E-state index in [-0.39, 0.29) is 25.3 Å². The predicted molar refractivity (Wildman–Crippen MR) is 143 cm³/mol. The number of alkyl halides is 3. The molecule has 7 nitrogen and oxygen atoms in total. The van der Waals surface area contributed by atoms with Crippen LogP contribution in [0, 0.1) is 0 Å². The Labute approximate surface area is 231 Å². The van der Waals surface area contributed by atoms with Gasteiger partial charge in [0.25, 0.3) is 5.91 Å². The van der Waals surface area contributed by atoms with Gasteiger partial charge in [0.2, 0.25) is 0 Å². The number of benzene rings is 2. The molecule has 214 valence electrons. The lowest BCUT2D eigenvalue weighted by Gasteiger charge is -2.60. The minimum atomic E-state index is -5.08. The number of hydrogen-bond donors (Lipinski definition) is 2. The number of phenolic OH excluding ortho intramolecular Hbond substituents is 1. The molecule has 2 N–H and O–H groups in total. The van der Waals surface area contributed by atoms with Crippen LogP contribution in [0.4, 0.5) is 13.2 Å². The third-order valence-electron chi connectivity index (χ3n) is 7.69. The summed E-state index contributed by atoms with van der Waals surface area (Å²) in [7, 11) is 0. The maximum atomic E-state index is 13.4. The van der Waals surface area contributed by atoms with Crippen molar-refractivity contribution in [2.45, 2.75) is 62.6 Å². The molecule has 0 aromatic heterocycles. The Morgan fingerprint density at radius 2 is 1.88 bits per heavy atom. The zero-order chi connectivity index (χ0) is 29.0. The first-order valence-electron chi connectivity index (χ1n) is 13.1. The van der Waals surface area contributed by atoms with Gasteiger partial charge in [0.05, 0.1) is 6.17 Å². The van der Waals surface area contributed by atoms with Crippen LogP contribution in [0.25, 0.3) is 6.08 Å². The van der Waals surface area contributed by atoms with E-state index in [1.165, 1.54) is 13.0 Å². The van der Waals surface area contributed by atoms with Crippen LogP contribution in [-0.2, 0) is 24.5 Å². The molecule has 1 heterocycles. The van der Waals surface area contributed by atoms with Crippen LogP contribution in [0.1, 0.15) is 50.2 Å². The number of fused-ring (bicyclic) bond motifs is 1. The molecule has 2 aliphatic rings. The molecule has 1 aliphatic carbocycles. The van der Waals surface area contributed by atoms with Gasteiger partial charge in [-0.15, -0.1) is 19.8 Å². The number of nitrogens with zero attached hydrogens (tertiary/aromatic N) is 1. The number of carbonyl (C=O) groups excluding carboxylic acids is 2. The average Bonchev–Trinajstić information content (AvgIpc) is 2.88. The number of amides is 1. The first-order chi connectivity index (χ1) is 19.0. The standard InChI is InChI=1S/C30H33F3N2O5/c1-3-16-35-20-29(39-21(2)36)15-8-7-14-28(29,23-12-9-13-24(37)18-23)19-26(35)34-27(38)25(40-30(31,32)33)17-22-10-5-4-6-11-22/h3-6,9-13,17-18,26,37H,1,7-8,14-16,19-20H2,2H3,(H,34,38)/t26-,28-,29?/m0/s1. The summed E-state index contributed by atoms with van der Waals surface area (Å²) in [6, 6.07) is 14.8. The van der Waals surface area contributed by atoms with Gasteiger partial charge in [-0.2, -0.15) is 0 Å². The monoisotopic (exact) mass is 558 g/mol. The van der Waals surface area contributed by atoms with Crippen molar-refractivity contribution >= 4 is 18.0 Å². The molecule has 2 aromatic rings. The average molecular weight is 559 g/mol. The van der Waals surface area contributed by atoms with E-state index in [9.17, 15) is 27.9 Å². The molecule has 10 heteroatoms. The number of carbonyl (C=O) groups is 2. The Kier molecular flexibility index (Phi) is 8.58. The summed E-state index contributed by atoms with van der Waals surface area (Å²) in [5, 5.41) is 13.1. The highest BCUT2D eigenvalue weighted by atomic mass is 19.4. The van der Waals surface area contributed by atoms with Gasteiger partial charge in [-0.25, -0.2) is 0 Å². The molecule has 1 saturated carbocycles. The van der Waals surface area contributed by atoms with E-state index in [2.05, 4.69) is 16.6 Å². The molecule has 1 saturated heterocycles. The van der Waals surface area contributed by atoms with Crippen LogP contribution in [0.2, 0.25) is 0 Å². The molecule has 2 fully saturated rings. The van der Waals surface area contributed by atoms with Crippen molar-refractivity contribution in [3.63, 3.8) is 0 Å². The topological polar surface area (TPSA) is 88.1 Å². The Hall–Kier alpha value is -3.79. The van der Waals surface area contributed by atoms with E-state index in [1.54, 1.807) is 48.5 Å². The fraction of sp³-hybridized carbons (Fsp3) is 0.400. The fourth-order valence-electron chi connectivity index (χ4n) is 6.19. The lowest BCUT2D eigenvalue weighted by Crippen LogP contribution is -2.71. The maximum Gasteiger partial charge on any atom is 0.573 e. The fourth-order valence-corrected chi connectivity index (χ4v) is 6.19. The molecule has 1 amide bonds. The van der Waals surface area contributed by atoms with Crippen molar-refractivity contribution in [3.8, 4) is 5.75 Å². The lowest BCUT2D eigenvalue weighted by molar-refractivity contribution is -0.304. The highest BCUT2D eigenvalue weighted by Crippen LogP contribution is 2.55. The van der Waals surface area contributed by atoms with Crippen LogP contribution in [0.5, 0.6) is 5.75 Å². The Balaban J connectivity index is 1.76.